The van der Waals surface area contributed by atoms with E-state index in [1.807, 2.05) is 24.3 Å². The first-order valence-electron chi connectivity index (χ1n) is 9.35. The number of carbonyl (C=O) groups excluding carboxylic acids is 2. The van der Waals surface area contributed by atoms with Gasteiger partial charge >= 0.3 is 5.97 Å². The first-order valence-corrected chi connectivity index (χ1v) is 9.35. The monoisotopic (exact) mass is 351 g/mol. The minimum absolute atomic E-state index is 0.0210. The number of para-hydroxylation sites is 1. The molecule has 1 saturated heterocycles. The van der Waals surface area contributed by atoms with Gasteiger partial charge in [0, 0.05) is 28.8 Å². The molecule has 1 aromatic carbocycles. The highest BCUT2D eigenvalue weighted by molar-refractivity contribution is 5.91. The van der Waals surface area contributed by atoms with Gasteiger partial charge in [0.1, 0.15) is 12.4 Å². The van der Waals surface area contributed by atoms with Gasteiger partial charge in [0.15, 0.2) is 5.60 Å². The van der Waals surface area contributed by atoms with Gasteiger partial charge in [-0.25, -0.2) is 4.79 Å². The molecule has 1 saturated carbocycles. The zero-order valence-electron chi connectivity index (χ0n) is 14.6. The van der Waals surface area contributed by atoms with E-state index in [0.717, 1.165) is 22.2 Å². The van der Waals surface area contributed by atoms with Gasteiger partial charge in [0.05, 0.1) is 11.4 Å². The number of fused-ring (bicyclic) bond motifs is 5. The van der Waals surface area contributed by atoms with Crippen molar-refractivity contribution in [3.8, 4) is 0 Å². The standard InChI is InChI=1S/C21H21NO4/c1-2-21(25)16-9-13-14(19(23)15(16)10-26-20(21)24)8-12-7-11-5-3-4-6-17(11)22-18(12)13/h3-7,13-16,25H,2,8-10H2,1H3/t13?,14?,15?,16?,21-/m0/s1. The van der Waals surface area contributed by atoms with Crippen molar-refractivity contribution in [2.24, 2.45) is 17.8 Å². The molecule has 3 aliphatic rings. The fourth-order valence-electron chi connectivity index (χ4n) is 5.29. The largest absolute Gasteiger partial charge is 0.463 e. The van der Waals surface area contributed by atoms with Crippen LogP contribution in [0.2, 0.25) is 0 Å². The Morgan fingerprint density at radius 2 is 2.04 bits per heavy atom. The number of rotatable bonds is 1. The number of ether oxygens (including phenoxy) is 1. The predicted octanol–water partition coefficient (Wildman–Crippen LogP) is 2.39. The van der Waals surface area contributed by atoms with E-state index in [1.54, 1.807) is 6.92 Å². The van der Waals surface area contributed by atoms with Crippen molar-refractivity contribution in [3.63, 3.8) is 0 Å². The maximum absolute atomic E-state index is 13.2. The van der Waals surface area contributed by atoms with E-state index >= 15 is 0 Å². The van der Waals surface area contributed by atoms with Crippen molar-refractivity contribution < 1.29 is 19.4 Å². The molecule has 134 valence electrons. The Labute approximate surface area is 151 Å². The van der Waals surface area contributed by atoms with Crippen LogP contribution in [-0.4, -0.2) is 34.1 Å². The predicted molar refractivity (Wildman–Crippen MR) is 94.5 cm³/mol. The van der Waals surface area contributed by atoms with Crippen molar-refractivity contribution in [2.45, 2.75) is 37.7 Å². The van der Waals surface area contributed by atoms with E-state index in [9.17, 15) is 14.7 Å². The molecule has 2 aliphatic carbocycles. The molecule has 5 atom stereocenters. The van der Waals surface area contributed by atoms with E-state index in [2.05, 4.69) is 6.07 Å². The van der Waals surface area contributed by atoms with Gasteiger partial charge in [-0.05, 0) is 37.0 Å². The number of nitrogens with zero attached hydrogens (tertiary/aromatic N) is 1. The number of Topliss-reactive ketones (excluding diaryl/α,β-unsaturated/α-hetero) is 1. The average molecular weight is 351 g/mol. The lowest BCUT2D eigenvalue weighted by atomic mass is 9.61. The number of benzene rings is 1. The van der Waals surface area contributed by atoms with Crippen LogP contribution in [0.25, 0.3) is 10.9 Å². The number of aromatic nitrogens is 1. The fraction of sp³-hybridized carbons (Fsp3) is 0.476. The van der Waals surface area contributed by atoms with Crippen LogP contribution in [0.15, 0.2) is 30.3 Å². The van der Waals surface area contributed by atoms with Crippen LogP contribution in [0.5, 0.6) is 0 Å². The molecular formula is C21H21NO4. The molecule has 2 fully saturated rings. The molecule has 5 heteroatoms. The highest BCUT2D eigenvalue weighted by atomic mass is 16.6. The maximum Gasteiger partial charge on any atom is 0.338 e. The summed E-state index contributed by atoms with van der Waals surface area (Å²) in [6.45, 7) is 1.87. The van der Waals surface area contributed by atoms with E-state index in [1.165, 1.54) is 0 Å². The van der Waals surface area contributed by atoms with Gasteiger partial charge in [-0.1, -0.05) is 25.1 Å². The molecule has 1 aromatic heterocycles. The summed E-state index contributed by atoms with van der Waals surface area (Å²) in [7, 11) is 0. The summed E-state index contributed by atoms with van der Waals surface area (Å²) >= 11 is 0. The highest BCUT2D eigenvalue weighted by Crippen LogP contribution is 2.53. The quantitative estimate of drug-likeness (QED) is 0.799. The summed E-state index contributed by atoms with van der Waals surface area (Å²) in [5.74, 6) is -1.39. The molecule has 0 amide bonds. The number of hydrogen-bond donors (Lipinski definition) is 1. The molecule has 1 N–H and O–H groups in total. The molecule has 0 spiro atoms. The third-order valence-corrected chi connectivity index (χ3v) is 6.74. The Kier molecular flexibility index (Phi) is 3.29. The maximum atomic E-state index is 13.2. The number of hydrogen-bond acceptors (Lipinski definition) is 5. The number of pyridine rings is 1. The molecule has 5 rings (SSSR count). The lowest BCUT2D eigenvalue weighted by Gasteiger charge is -2.47. The molecular weight excluding hydrogens is 330 g/mol. The minimum atomic E-state index is -1.57. The third kappa shape index (κ3) is 1.98. The number of esters is 1. The lowest BCUT2D eigenvalue weighted by molar-refractivity contribution is -0.197. The zero-order valence-corrected chi connectivity index (χ0v) is 14.6. The second-order valence-corrected chi connectivity index (χ2v) is 7.87. The van der Waals surface area contributed by atoms with Gasteiger partial charge in [-0.15, -0.1) is 0 Å². The van der Waals surface area contributed by atoms with Crippen LogP contribution in [0, 0.1) is 17.8 Å². The third-order valence-electron chi connectivity index (χ3n) is 6.74. The van der Waals surface area contributed by atoms with Crippen molar-refractivity contribution in [3.05, 3.63) is 41.6 Å². The van der Waals surface area contributed by atoms with Crippen LogP contribution < -0.4 is 0 Å². The number of ketones is 1. The van der Waals surface area contributed by atoms with Crippen molar-refractivity contribution in [1.29, 1.82) is 0 Å². The van der Waals surface area contributed by atoms with Crippen LogP contribution in [0.3, 0.4) is 0 Å². The lowest BCUT2D eigenvalue weighted by Crippen LogP contribution is -2.59. The van der Waals surface area contributed by atoms with Crippen molar-refractivity contribution >= 4 is 22.7 Å². The number of cyclic esters (lactones) is 1. The topological polar surface area (TPSA) is 76.5 Å². The minimum Gasteiger partial charge on any atom is -0.463 e. The molecule has 1 aliphatic heterocycles. The van der Waals surface area contributed by atoms with E-state index in [4.69, 9.17) is 9.72 Å². The van der Waals surface area contributed by atoms with Crippen LogP contribution >= 0.6 is 0 Å². The zero-order chi connectivity index (χ0) is 18.1. The van der Waals surface area contributed by atoms with Crippen molar-refractivity contribution in [2.75, 3.05) is 6.61 Å². The Morgan fingerprint density at radius 1 is 1.23 bits per heavy atom. The first kappa shape index (κ1) is 15.9. The molecule has 5 nitrogen and oxygen atoms in total. The summed E-state index contributed by atoms with van der Waals surface area (Å²) in [5.41, 5.74) is 1.45. The summed E-state index contributed by atoms with van der Waals surface area (Å²) in [5, 5.41) is 12.0. The number of aliphatic hydroxyl groups is 1. The highest BCUT2D eigenvalue weighted by Gasteiger charge is 2.59. The second kappa shape index (κ2) is 5.36. The van der Waals surface area contributed by atoms with Crippen LogP contribution in [0.1, 0.15) is 36.9 Å². The van der Waals surface area contributed by atoms with Crippen LogP contribution in [0.4, 0.5) is 0 Å². The SMILES string of the molecule is CC[C@@]1(O)C(=O)OCC2C(=O)C3Cc4cc5ccccc5nc4C3CC21. The Hall–Kier alpha value is -2.27. The fourth-order valence-corrected chi connectivity index (χ4v) is 5.29. The molecule has 26 heavy (non-hydrogen) atoms. The van der Waals surface area contributed by atoms with E-state index in [0.29, 0.717) is 12.8 Å². The van der Waals surface area contributed by atoms with E-state index < -0.39 is 17.5 Å². The van der Waals surface area contributed by atoms with Crippen molar-refractivity contribution in [1.82, 2.24) is 4.98 Å². The number of carbonyl (C=O) groups is 2. The summed E-state index contributed by atoms with van der Waals surface area (Å²) in [6, 6.07) is 10.1. The van der Waals surface area contributed by atoms with Gasteiger partial charge < -0.3 is 9.84 Å². The Bertz CT molecular complexity index is 939. The normalized spacial score (nSPS) is 35.6. The second-order valence-electron chi connectivity index (χ2n) is 7.87. The molecule has 4 unspecified atom stereocenters. The van der Waals surface area contributed by atoms with Gasteiger partial charge in [-0.2, -0.15) is 0 Å². The summed E-state index contributed by atoms with van der Waals surface area (Å²) in [6.07, 6.45) is 1.56. The smallest absolute Gasteiger partial charge is 0.338 e. The summed E-state index contributed by atoms with van der Waals surface area (Å²) in [4.78, 5) is 30.3. The molecule has 0 radical (unpaired) electrons. The van der Waals surface area contributed by atoms with Gasteiger partial charge in [-0.3, -0.25) is 9.78 Å². The van der Waals surface area contributed by atoms with Gasteiger partial charge in [0.25, 0.3) is 0 Å². The first-order chi connectivity index (χ1) is 12.5. The van der Waals surface area contributed by atoms with Gasteiger partial charge in [0.2, 0.25) is 0 Å². The summed E-state index contributed by atoms with van der Waals surface area (Å²) < 4.78 is 5.19. The molecule has 2 heterocycles. The van der Waals surface area contributed by atoms with E-state index in [-0.39, 0.29) is 36.6 Å². The Morgan fingerprint density at radius 3 is 2.85 bits per heavy atom. The average Bonchev–Trinajstić information content (AvgIpc) is 3.01. The molecule has 2 aromatic rings. The molecule has 0 bridgehead atoms. The van der Waals surface area contributed by atoms with Crippen LogP contribution in [-0.2, 0) is 20.7 Å². The Balaban J connectivity index is 1.60.